The van der Waals surface area contributed by atoms with Crippen molar-refractivity contribution < 1.29 is 8.85 Å². The number of hydrogen-bond acceptors (Lipinski definition) is 4. The summed E-state index contributed by atoms with van der Waals surface area (Å²) in [7, 11) is -1.58. The molecule has 0 aliphatic carbocycles. The van der Waals surface area contributed by atoms with Gasteiger partial charge in [0.05, 0.1) is 0 Å². The van der Waals surface area contributed by atoms with E-state index in [1.165, 1.54) is 135 Å². The van der Waals surface area contributed by atoms with Crippen LogP contribution in [0.4, 0.5) is 0 Å². The van der Waals surface area contributed by atoms with Crippen molar-refractivity contribution in [3.8, 4) is 0 Å². The van der Waals surface area contributed by atoms with Gasteiger partial charge in [-0.3, -0.25) is 0 Å². The molecule has 0 heterocycles. The van der Waals surface area contributed by atoms with Crippen LogP contribution in [0.15, 0.2) is 0 Å². The topological polar surface area (TPSA) is 24.9 Å². The molecule has 0 unspecified atom stereocenters. The molecule has 0 saturated carbocycles. The minimum absolute atomic E-state index is 0.858. The zero-order valence-corrected chi connectivity index (χ0v) is 26.1. The molecule has 212 valence electrons. The van der Waals surface area contributed by atoms with Crippen LogP contribution in [0.25, 0.3) is 0 Å². The molecule has 0 rings (SSSR count). The molecule has 0 aliphatic heterocycles. The van der Waals surface area contributed by atoms with Crippen LogP contribution in [0.2, 0.25) is 6.04 Å². The molecule has 0 bridgehead atoms. The van der Waals surface area contributed by atoms with E-state index >= 15 is 0 Å². The zero-order valence-electron chi connectivity index (χ0n) is 25.0. The van der Waals surface area contributed by atoms with Gasteiger partial charge in [-0.15, -0.1) is 0 Å². The van der Waals surface area contributed by atoms with Gasteiger partial charge in [0.1, 0.15) is 0 Å². The molecular weight excluding hydrogens is 448 g/mol. The fourth-order valence-electron chi connectivity index (χ4n) is 4.48. The van der Waals surface area contributed by atoms with Crippen molar-refractivity contribution in [1.29, 1.82) is 0 Å². The summed E-state index contributed by atoms with van der Waals surface area (Å²) in [5, 5.41) is 0. The Balaban J connectivity index is 4.51. The molecule has 0 fully saturated rings. The van der Waals surface area contributed by atoms with Crippen molar-refractivity contribution >= 4 is 9.28 Å². The summed E-state index contributed by atoms with van der Waals surface area (Å²) >= 11 is 0. The minimum Gasteiger partial charge on any atom is -0.395 e. The molecule has 4 nitrogen and oxygen atoms in total. The first kappa shape index (κ1) is 35.1. The number of rotatable bonds is 29. The monoisotopic (exact) mass is 514 g/mol. The lowest BCUT2D eigenvalue weighted by Crippen LogP contribution is -2.35. The second-order valence-corrected chi connectivity index (χ2v) is 12.6. The number of unbranched alkanes of at least 4 members (excludes halogenated alkanes) is 11. The van der Waals surface area contributed by atoms with Gasteiger partial charge in [0, 0.05) is 26.3 Å². The quantitative estimate of drug-likeness (QED) is 0.0742. The Morgan fingerprint density at radius 1 is 0.400 bits per heavy atom. The highest BCUT2D eigenvalue weighted by Crippen LogP contribution is 2.12. The average molecular weight is 515 g/mol. The van der Waals surface area contributed by atoms with Crippen LogP contribution < -0.4 is 0 Å². The summed E-state index contributed by atoms with van der Waals surface area (Å²) in [5.41, 5.74) is 0. The van der Waals surface area contributed by atoms with E-state index < -0.39 is 9.28 Å². The molecule has 0 radical (unpaired) electrons. The largest absolute Gasteiger partial charge is 0.395 e. The van der Waals surface area contributed by atoms with Gasteiger partial charge in [-0.25, -0.2) is 0 Å². The molecule has 0 atom stereocenters. The molecule has 5 heteroatoms. The summed E-state index contributed by atoms with van der Waals surface area (Å²) in [5.74, 6) is 0. The van der Waals surface area contributed by atoms with Gasteiger partial charge < -0.3 is 18.7 Å². The van der Waals surface area contributed by atoms with E-state index in [0.29, 0.717) is 0 Å². The Kier molecular flexibility index (Phi) is 28.7. The van der Waals surface area contributed by atoms with E-state index in [1.807, 2.05) is 0 Å². The van der Waals surface area contributed by atoms with Crippen LogP contribution in [-0.2, 0) is 8.85 Å². The molecule has 0 aromatic rings. The van der Waals surface area contributed by atoms with Crippen LogP contribution in [-0.4, -0.2) is 71.6 Å². The third-order valence-corrected chi connectivity index (χ3v) is 9.12. The highest BCUT2D eigenvalue weighted by Gasteiger charge is 2.15. The normalized spacial score (nSPS) is 12.0. The van der Waals surface area contributed by atoms with E-state index in [9.17, 15) is 0 Å². The Bertz CT molecular complexity index is 359. The maximum atomic E-state index is 6.49. The summed E-state index contributed by atoms with van der Waals surface area (Å²) in [4.78, 5) is 5.23. The first-order valence-electron chi connectivity index (χ1n) is 15.9. The maximum Gasteiger partial charge on any atom is 0.321 e. The van der Waals surface area contributed by atoms with Crippen molar-refractivity contribution in [2.24, 2.45) is 0 Å². The predicted molar refractivity (Wildman–Crippen MR) is 159 cm³/mol. The van der Waals surface area contributed by atoms with Crippen LogP contribution in [0.3, 0.4) is 0 Å². The van der Waals surface area contributed by atoms with E-state index in [-0.39, 0.29) is 0 Å². The summed E-state index contributed by atoms with van der Waals surface area (Å²) in [6.07, 6.45) is 21.3. The lowest BCUT2D eigenvalue weighted by atomic mass is 10.1. The van der Waals surface area contributed by atoms with Gasteiger partial charge in [0.25, 0.3) is 0 Å². The van der Waals surface area contributed by atoms with E-state index in [0.717, 1.165) is 26.3 Å². The van der Waals surface area contributed by atoms with Gasteiger partial charge in [0.15, 0.2) is 0 Å². The third kappa shape index (κ3) is 24.2. The van der Waals surface area contributed by atoms with Gasteiger partial charge >= 0.3 is 9.28 Å². The van der Waals surface area contributed by atoms with Gasteiger partial charge in [0.2, 0.25) is 0 Å². The van der Waals surface area contributed by atoms with Crippen molar-refractivity contribution in [3.63, 3.8) is 0 Å². The summed E-state index contributed by atoms with van der Waals surface area (Å²) in [6, 6.07) is 1.18. The Morgan fingerprint density at radius 3 is 1.11 bits per heavy atom. The molecule has 0 N–H and O–H groups in total. The van der Waals surface area contributed by atoms with Crippen LogP contribution in [0, 0.1) is 0 Å². The van der Waals surface area contributed by atoms with Crippen molar-refractivity contribution in [2.75, 3.05) is 52.5 Å². The van der Waals surface area contributed by atoms with Crippen molar-refractivity contribution in [2.45, 2.75) is 143 Å². The Morgan fingerprint density at radius 2 is 0.743 bits per heavy atom. The van der Waals surface area contributed by atoms with E-state index in [4.69, 9.17) is 8.85 Å². The average Bonchev–Trinajstić information content (AvgIpc) is 2.87. The first-order chi connectivity index (χ1) is 17.2. The molecule has 0 saturated heterocycles. The predicted octanol–water partition coefficient (Wildman–Crippen LogP) is 8.19. The van der Waals surface area contributed by atoms with Crippen LogP contribution in [0.5, 0.6) is 0 Å². The lowest BCUT2D eigenvalue weighted by Gasteiger charge is -2.25. The Labute approximate surface area is 223 Å². The van der Waals surface area contributed by atoms with E-state index in [2.05, 4.69) is 44.4 Å². The SMILES string of the molecule is CCCCCCCCCC[SiH](OCCN(CCCC)CCCC)OCCN(CCCC)CCCC. The zero-order chi connectivity index (χ0) is 25.8. The van der Waals surface area contributed by atoms with Crippen LogP contribution in [0.1, 0.15) is 137 Å². The molecule has 0 aromatic heterocycles. The third-order valence-electron chi connectivity index (χ3n) is 7.03. The molecule has 35 heavy (non-hydrogen) atoms. The van der Waals surface area contributed by atoms with Crippen molar-refractivity contribution in [3.05, 3.63) is 0 Å². The van der Waals surface area contributed by atoms with Crippen LogP contribution >= 0.6 is 0 Å². The fourth-order valence-corrected chi connectivity index (χ4v) is 6.27. The smallest absolute Gasteiger partial charge is 0.321 e. The first-order valence-corrected chi connectivity index (χ1v) is 17.6. The maximum absolute atomic E-state index is 6.49. The van der Waals surface area contributed by atoms with E-state index in [1.54, 1.807) is 0 Å². The van der Waals surface area contributed by atoms with Gasteiger partial charge in [-0.1, -0.05) is 112 Å². The Hall–Kier alpha value is 0.0569. The molecular formula is C30H66N2O2Si. The number of nitrogens with zero attached hydrogens (tertiary/aromatic N) is 2. The standard InChI is InChI=1S/C30H66N2O2Si/c1-6-11-16-17-18-19-20-21-30-35(33-28-26-31(22-12-7-2)23-13-8-3)34-29-27-32(24-14-9-4)25-15-10-5/h35H,6-30H2,1-5H3. The second-order valence-electron chi connectivity index (χ2n) is 10.5. The molecule has 0 spiro atoms. The molecule has 0 aromatic carbocycles. The molecule has 0 aliphatic rings. The molecule has 0 amide bonds. The minimum atomic E-state index is -1.58. The van der Waals surface area contributed by atoms with Crippen molar-refractivity contribution in [1.82, 2.24) is 9.80 Å². The second kappa shape index (κ2) is 28.6. The highest BCUT2D eigenvalue weighted by molar-refractivity contribution is 6.44. The number of hydrogen-bond donors (Lipinski definition) is 0. The lowest BCUT2D eigenvalue weighted by molar-refractivity contribution is 0.142. The summed E-state index contributed by atoms with van der Waals surface area (Å²) in [6.45, 7) is 20.2. The van der Waals surface area contributed by atoms with Gasteiger partial charge in [-0.2, -0.15) is 0 Å². The van der Waals surface area contributed by atoms with Gasteiger partial charge in [-0.05, 0) is 57.9 Å². The highest BCUT2D eigenvalue weighted by atomic mass is 28.3. The summed E-state index contributed by atoms with van der Waals surface area (Å²) < 4.78 is 13.0. The fraction of sp³-hybridized carbons (Fsp3) is 1.00.